The average Bonchev–Trinajstić information content (AvgIpc) is 2.45. The molecule has 2 heterocycles. The van der Waals surface area contributed by atoms with Crippen LogP contribution in [0.5, 0.6) is 11.5 Å². The number of ether oxygens (including phenoxy) is 2. The molecule has 0 amide bonds. The highest BCUT2D eigenvalue weighted by molar-refractivity contribution is 6.05. The Hall–Kier alpha value is -2.58. The van der Waals surface area contributed by atoms with Gasteiger partial charge in [0.2, 0.25) is 0 Å². The van der Waals surface area contributed by atoms with E-state index >= 15 is 0 Å². The number of methoxy groups -OCH3 is 1. The van der Waals surface area contributed by atoms with E-state index in [1.165, 1.54) is 14.0 Å². The zero-order valence-corrected chi connectivity index (χ0v) is 12.4. The van der Waals surface area contributed by atoms with E-state index in [1.807, 2.05) is 0 Å². The maximum atomic E-state index is 12.5. The number of hydrogen-bond acceptors (Lipinski definition) is 7. The summed E-state index contributed by atoms with van der Waals surface area (Å²) in [6.07, 6.45) is -0.101. The number of hydrogen-bond donors (Lipinski definition) is 3. The van der Waals surface area contributed by atoms with E-state index in [1.54, 1.807) is 0 Å². The maximum Gasteiger partial charge on any atom is 0.343 e. The van der Waals surface area contributed by atoms with Gasteiger partial charge >= 0.3 is 5.97 Å². The molecule has 122 valence electrons. The summed E-state index contributed by atoms with van der Waals surface area (Å²) in [7, 11) is 1.20. The molecule has 0 bridgehead atoms. The summed E-state index contributed by atoms with van der Waals surface area (Å²) in [5.74, 6) is -3.56. The Labute approximate surface area is 129 Å². The van der Waals surface area contributed by atoms with Crippen LogP contribution < -0.4 is 10.2 Å². The number of aromatic hydroxyl groups is 1. The lowest BCUT2D eigenvalue weighted by Gasteiger charge is -2.29. The van der Waals surface area contributed by atoms with Gasteiger partial charge in [-0.25, -0.2) is 4.79 Å². The Morgan fingerprint density at radius 1 is 1.43 bits per heavy atom. The summed E-state index contributed by atoms with van der Waals surface area (Å²) in [6.45, 7) is 1.24. The van der Waals surface area contributed by atoms with Crippen LogP contribution in [-0.2, 0) is 17.8 Å². The van der Waals surface area contributed by atoms with Crippen molar-refractivity contribution in [1.82, 2.24) is 0 Å². The fourth-order valence-electron chi connectivity index (χ4n) is 2.65. The predicted octanol–water partition coefficient (Wildman–Crippen LogP) is 0.987. The Morgan fingerprint density at radius 2 is 2.13 bits per heavy atom. The van der Waals surface area contributed by atoms with E-state index in [0.717, 1.165) is 6.07 Å². The largest absolute Gasteiger partial charge is 0.504 e. The minimum absolute atomic E-state index is 0.0930. The molecule has 1 unspecified atom stereocenters. The molecule has 23 heavy (non-hydrogen) atoms. The van der Waals surface area contributed by atoms with Crippen LogP contribution in [0.2, 0.25) is 0 Å². The first-order valence-electron chi connectivity index (χ1n) is 6.73. The quantitative estimate of drug-likeness (QED) is 0.747. The summed E-state index contributed by atoms with van der Waals surface area (Å²) < 4.78 is 15.6. The van der Waals surface area contributed by atoms with E-state index < -0.39 is 28.5 Å². The molecule has 1 aliphatic heterocycles. The number of aromatic carboxylic acids is 1. The molecule has 1 aliphatic rings. The van der Waals surface area contributed by atoms with Gasteiger partial charge < -0.3 is 29.2 Å². The van der Waals surface area contributed by atoms with Crippen LogP contribution in [0.15, 0.2) is 15.3 Å². The molecule has 3 N–H and O–H groups in total. The van der Waals surface area contributed by atoms with Gasteiger partial charge in [-0.2, -0.15) is 0 Å². The van der Waals surface area contributed by atoms with Crippen LogP contribution in [-0.4, -0.2) is 34.2 Å². The van der Waals surface area contributed by atoms with Gasteiger partial charge in [0.1, 0.15) is 11.3 Å². The fraction of sp³-hybridized carbons (Fsp3) is 0.333. The monoisotopic (exact) mass is 322 g/mol. The molecule has 3 rings (SSSR count). The van der Waals surface area contributed by atoms with Gasteiger partial charge in [0.15, 0.2) is 28.3 Å². The normalized spacial score (nSPS) is 20.3. The Kier molecular flexibility index (Phi) is 3.31. The molecule has 8 heteroatoms. The third-order valence-electron chi connectivity index (χ3n) is 3.73. The van der Waals surface area contributed by atoms with E-state index in [-0.39, 0.29) is 41.1 Å². The van der Waals surface area contributed by atoms with Crippen LogP contribution in [0, 0.1) is 0 Å². The number of phenolic OH excluding ortho intramolecular Hbond substituents is 1. The number of phenols is 1. The third kappa shape index (κ3) is 2.32. The van der Waals surface area contributed by atoms with E-state index in [2.05, 4.69) is 0 Å². The number of benzene rings is 1. The Bertz CT molecular complexity index is 877. The van der Waals surface area contributed by atoms with Crippen LogP contribution in [0.3, 0.4) is 0 Å². The minimum atomic E-state index is -1.51. The van der Waals surface area contributed by atoms with Crippen molar-refractivity contribution in [3.63, 3.8) is 0 Å². The molecule has 2 aromatic rings. The maximum absolute atomic E-state index is 12.5. The first-order chi connectivity index (χ1) is 10.7. The van der Waals surface area contributed by atoms with Crippen molar-refractivity contribution in [3.8, 4) is 11.5 Å². The Balaban J connectivity index is 2.43. The lowest BCUT2D eigenvalue weighted by molar-refractivity contribution is -0.207. The SMILES string of the molecule is COc1c(O)cc2c(=O)c3c(oc2c1C(=O)O)CC(C)(O)OC3. The molecular weight excluding hydrogens is 308 g/mol. The van der Waals surface area contributed by atoms with Crippen LogP contribution >= 0.6 is 0 Å². The molecule has 1 atom stereocenters. The molecule has 1 aromatic heterocycles. The van der Waals surface area contributed by atoms with Gasteiger partial charge in [-0.05, 0) is 13.0 Å². The standard InChI is InChI=1S/C15H14O8/c1-15(20)4-9-7(5-22-15)11(17)6-3-8(16)13(21-2)10(14(18)19)12(6)23-9/h3,16,20H,4-5H2,1-2H3,(H,18,19). The number of carboxylic acid groups (broad SMARTS) is 1. The topological polar surface area (TPSA) is 126 Å². The predicted molar refractivity (Wildman–Crippen MR) is 76.8 cm³/mol. The molecule has 1 aromatic carbocycles. The second-order valence-corrected chi connectivity index (χ2v) is 5.46. The minimum Gasteiger partial charge on any atom is -0.504 e. The van der Waals surface area contributed by atoms with Gasteiger partial charge in [-0.3, -0.25) is 4.79 Å². The van der Waals surface area contributed by atoms with Crippen molar-refractivity contribution in [2.24, 2.45) is 0 Å². The molecule has 0 aliphatic carbocycles. The highest BCUT2D eigenvalue weighted by atomic mass is 16.6. The molecule has 0 spiro atoms. The summed E-state index contributed by atoms with van der Waals surface area (Å²) in [6, 6.07) is 1.10. The summed E-state index contributed by atoms with van der Waals surface area (Å²) in [5.41, 5.74) is -0.996. The van der Waals surface area contributed by atoms with Crippen LogP contribution in [0.25, 0.3) is 11.0 Å². The van der Waals surface area contributed by atoms with Crippen molar-refractivity contribution in [2.45, 2.75) is 25.7 Å². The average molecular weight is 322 g/mol. The van der Waals surface area contributed by atoms with Crippen LogP contribution in [0.4, 0.5) is 0 Å². The summed E-state index contributed by atoms with van der Waals surface area (Å²) in [5, 5.41) is 29.1. The number of aliphatic hydroxyl groups is 1. The first-order valence-corrected chi connectivity index (χ1v) is 6.73. The van der Waals surface area contributed by atoms with E-state index in [0.29, 0.717) is 0 Å². The second kappa shape index (κ2) is 4.97. The lowest BCUT2D eigenvalue weighted by Crippen LogP contribution is -2.37. The second-order valence-electron chi connectivity index (χ2n) is 5.46. The molecule has 0 saturated carbocycles. The molecular formula is C15H14O8. The molecule has 8 nitrogen and oxygen atoms in total. The summed E-state index contributed by atoms with van der Waals surface area (Å²) >= 11 is 0. The number of rotatable bonds is 2. The first kappa shape index (κ1) is 15.3. The number of fused-ring (bicyclic) bond motifs is 2. The van der Waals surface area contributed by atoms with Gasteiger partial charge in [-0.15, -0.1) is 0 Å². The zero-order chi connectivity index (χ0) is 16.9. The molecule has 0 fully saturated rings. The summed E-state index contributed by atoms with van der Waals surface area (Å²) in [4.78, 5) is 24.1. The molecule has 0 radical (unpaired) electrons. The van der Waals surface area contributed by atoms with Gasteiger partial charge in [0.25, 0.3) is 0 Å². The third-order valence-corrected chi connectivity index (χ3v) is 3.73. The van der Waals surface area contributed by atoms with Gasteiger partial charge in [-0.1, -0.05) is 0 Å². The fourth-order valence-corrected chi connectivity index (χ4v) is 2.65. The van der Waals surface area contributed by atoms with Gasteiger partial charge in [0.05, 0.1) is 31.1 Å². The van der Waals surface area contributed by atoms with Crippen molar-refractivity contribution in [3.05, 3.63) is 33.2 Å². The zero-order valence-electron chi connectivity index (χ0n) is 12.4. The van der Waals surface area contributed by atoms with Crippen LogP contribution in [0.1, 0.15) is 28.6 Å². The highest BCUT2D eigenvalue weighted by Crippen LogP contribution is 2.37. The lowest BCUT2D eigenvalue weighted by atomic mass is 10.0. The van der Waals surface area contributed by atoms with Crippen molar-refractivity contribution in [1.29, 1.82) is 0 Å². The van der Waals surface area contributed by atoms with Crippen molar-refractivity contribution in [2.75, 3.05) is 7.11 Å². The smallest absolute Gasteiger partial charge is 0.343 e. The highest BCUT2D eigenvalue weighted by Gasteiger charge is 2.34. The molecule has 0 saturated heterocycles. The Morgan fingerprint density at radius 3 is 2.74 bits per heavy atom. The van der Waals surface area contributed by atoms with Gasteiger partial charge in [0, 0.05) is 0 Å². The number of carbonyl (C=O) groups is 1. The van der Waals surface area contributed by atoms with Crippen molar-refractivity contribution < 1.29 is 34.0 Å². The van der Waals surface area contributed by atoms with E-state index in [9.17, 15) is 24.9 Å². The van der Waals surface area contributed by atoms with Crippen molar-refractivity contribution >= 4 is 16.9 Å². The van der Waals surface area contributed by atoms with E-state index in [4.69, 9.17) is 13.9 Å². The number of carboxylic acids is 1.